The fraction of sp³-hybridized carbons (Fsp3) is 0.333. The van der Waals surface area contributed by atoms with Gasteiger partial charge in [-0.1, -0.05) is 0 Å². The van der Waals surface area contributed by atoms with E-state index in [1.54, 1.807) is 12.1 Å². The van der Waals surface area contributed by atoms with Crippen molar-refractivity contribution in [2.24, 2.45) is 0 Å². The molecule has 2 aromatic rings. The van der Waals surface area contributed by atoms with Crippen molar-refractivity contribution in [3.63, 3.8) is 0 Å². The van der Waals surface area contributed by atoms with E-state index < -0.39 is 0 Å². The van der Waals surface area contributed by atoms with Gasteiger partial charge in [0, 0.05) is 24.0 Å². The molecule has 1 fully saturated rings. The van der Waals surface area contributed by atoms with Gasteiger partial charge in [-0.15, -0.1) is 11.3 Å². The lowest BCUT2D eigenvalue weighted by molar-refractivity contribution is 0.0935. The van der Waals surface area contributed by atoms with Crippen LogP contribution in [0.15, 0.2) is 30.3 Å². The topological polar surface area (TPSA) is 56.1 Å². The quantitative estimate of drug-likeness (QED) is 0.928. The lowest BCUT2D eigenvalue weighted by atomic mass is 10.0. The highest BCUT2D eigenvalue weighted by Crippen LogP contribution is 2.24. The fourth-order valence-electron chi connectivity index (χ4n) is 2.91. The number of thiophene rings is 1. The number of piperidine rings is 1. The molecule has 3 rings (SSSR count). The van der Waals surface area contributed by atoms with E-state index in [0.717, 1.165) is 22.6 Å². The maximum atomic E-state index is 14.1. The van der Waals surface area contributed by atoms with Gasteiger partial charge in [0.05, 0.1) is 22.2 Å². The van der Waals surface area contributed by atoms with Crippen molar-refractivity contribution in [1.82, 2.24) is 5.32 Å². The minimum Gasteiger partial charge on any atom is -0.369 e. The molecular formula is C18H18FN3OS. The van der Waals surface area contributed by atoms with Crippen LogP contribution in [0.4, 0.5) is 10.1 Å². The van der Waals surface area contributed by atoms with E-state index in [-0.39, 0.29) is 17.8 Å². The third-order valence-corrected chi connectivity index (χ3v) is 5.21. The average molecular weight is 343 g/mol. The summed E-state index contributed by atoms with van der Waals surface area (Å²) >= 11 is 1.49. The Labute approximate surface area is 144 Å². The first-order chi connectivity index (χ1) is 11.6. The van der Waals surface area contributed by atoms with Crippen molar-refractivity contribution >= 4 is 22.9 Å². The predicted molar refractivity (Wildman–Crippen MR) is 92.9 cm³/mol. The Balaban J connectivity index is 1.58. The third kappa shape index (κ3) is 3.57. The smallest absolute Gasteiger partial charge is 0.261 e. The third-order valence-electron chi connectivity index (χ3n) is 4.21. The van der Waals surface area contributed by atoms with Gasteiger partial charge in [0.1, 0.15) is 5.82 Å². The summed E-state index contributed by atoms with van der Waals surface area (Å²) in [7, 11) is 0. The summed E-state index contributed by atoms with van der Waals surface area (Å²) in [4.78, 5) is 16.0. The summed E-state index contributed by atoms with van der Waals surface area (Å²) in [5.74, 6) is -0.401. The number of carbonyl (C=O) groups excluding carboxylic acids is 1. The fourth-order valence-corrected chi connectivity index (χ4v) is 3.68. The molecule has 124 valence electrons. The van der Waals surface area contributed by atoms with E-state index in [0.29, 0.717) is 24.3 Å². The molecule has 0 unspecified atom stereocenters. The highest BCUT2D eigenvalue weighted by atomic mass is 32.1. The standard InChI is InChI=1S/C18H18FN3OS/c1-12-2-5-17(24-12)18(23)21-14-6-8-22(9-7-14)16-4-3-13(11-20)10-15(16)19/h2-5,10,14H,6-9H2,1H3,(H,21,23). The molecule has 24 heavy (non-hydrogen) atoms. The Morgan fingerprint density at radius 3 is 2.67 bits per heavy atom. The van der Waals surface area contributed by atoms with Gasteiger partial charge in [-0.2, -0.15) is 5.26 Å². The van der Waals surface area contributed by atoms with Gasteiger partial charge in [-0.3, -0.25) is 4.79 Å². The number of aryl methyl sites for hydroxylation is 1. The second-order valence-electron chi connectivity index (χ2n) is 5.92. The largest absolute Gasteiger partial charge is 0.369 e. The number of nitrogens with one attached hydrogen (secondary N) is 1. The zero-order chi connectivity index (χ0) is 17.1. The number of halogens is 1. The molecule has 6 heteroatoms. The summed E-state index contributed by atoms with van der Waals surface area (Å²) in [5, 5.41) is 11.9. The maximum absolute atomic E-state index is 14.1. The molecule has 0 aliphatic carbocycles. The second-order valence-corrected chi connectivity index (χ2v) is 7.21. The van der Waals surface area contributed by atoms with Gasteiger partial charge in [-0.05, 0) is 50.1 Å². The minimum absolute atomic E-state index is 0.0314. The van der Waals surface area contributed by atoms with Crippen LogP contribution in [0.5, 0.6) is 0 Å². The van der Waals surface area contributed by atoms with Gasteiger partial charge in [0.2, 0.25) is 0 Å². The normalized spacial score (nSPS) is 15.1. The zero-order valence-corrected chi connectivity index (χ0v) is 14.2. The summed E-state index contributed by atoms with van der Waals surface area (Å²) in [5.41, 5.74) is 0.845. The predicted octanol–water partition coefficient (Wildman–Crippen LogP) is 3.47. The highest BCUT2D eigenvalue weighted by Gasteiger charge is 2.23. The van der Waals surface area contributed by atoms with Crippen LogP contribution in [0.1, 0.15) is 33.0 Å². The molecule has 1 amide bonds. The SMILES string of the molecule is Cc1ccc(C(=O)NC2CCN(c3ccc(C#N)cc3F)CC2)s1. The van der Waals surface area contributed by atoms with E-state index in [1.807, 2.05) is 30.0 Å². The van der Waals surface area contributed by atoms with Crippen LogP contribution < -0.4 is 10.2 Å². The molecule has 1 aliphatic rings. The van der Waals surface area contributed by atoms with E-state index in [9.17, 15) is 9.18 Å². The van der Waals surface area contributed by atoms with Crippen molar-refractivity contribution in [2.45, 2.75) is 25.8 Å². The van der Waals surface area contributed by atoms with Crippen LogP contribution >= 0.6 is 11.3 Å². The molecule has 1 N–H and O–H groups in total. The minimum atomic E-state index is -0.370. The van der Waals surface area contributed by atoms with Gasteiger partial charge in [0.25, 0.3) is 5.91 Å². The number of amides is 1. The zero-order valence-electron chi connectivity index (χ0n) is 13.4. The molecule has 1 aromatic heterocycles. The lowest BCUT2D eigenvalue weighted by Gasteiger charge is -2.34. The van der Waals surface area contributed by atoms with Crippen LogP contribution in [0.25, 0.3) is 0 Å². The number of rotatable bonds is 3. The van der Waals surface area contributed by atoms with Crippen LogP contribution in [-0.4, -0.2) is 25.0 Å². The van der Waals surface area contributed by atoms with Crippen LogP contribution in [0, 0.1) is 24.1 Å². The molecule has 0 saturated carbocycles. The average Bonchev–Trinajstić information content (AvgIpc) is 3.02. The van der Waals surface area contributed by atoms with Crippen LogP contribution in [0.2, 0.25) is 0 Å². The van der Waals surface area contributed by atoms with E-state index >= 15 is 0 Å². The Hall–Kier alpha value is -2.39. The van der Waals surface area contributed by atoms with Crippen molar-refractivity contribution in [3.05, 3.63) is 51.5 Å². The lowest BCUT2D eigenvalue weighted by Crippen LogP contribution is -2.44. The molecule has 0 radical (unpaired) electrons. The first kappa shape index (κ1) is 16.5. The molecule has 1 saturated heterocycles. The number of hydrogen-bond acceptors (Lipinski definition) is 4. The molecule has 0 atom stereocenters. The molecule has 2 heterocycles. The molecule has 4 nitrogen and oxygen atoms in total. The molecular weight excluding hydrogens is 325 g/mol. The second kappa shape index (κ2) is 7.02. The Morgan fingerprint density at radius 2 is 2.08 bits per heavy atom. The summed E-state index contributed by atoms with van der Waals surface area (Å²) in [6, 6.07) is 10.4. The highest BCUT2D eigenvalue weighted by molar-refractivity contribution is 7.13. The number of benzene rings is 1. The van der Waals surface area contributed by atoms with Crippen LogP contribution in [0.3, 0.4) is 0 Å². The van der Waals surface area contributed by atoms with Crippen molar-refractivity contribution in [3.8, 4) is 6.07 Å². The molecule has 0 bridgehead atoms. The first-order valence-corrected chi connectivity index (χ1v) is 8.70. The summed E-state index contributed by atoms with van der Waals surface area (Å²) in [6.07, 6.45) is 1.55. The summed E-state index contributed by atoms with van der Waals surface area (Å²) < 4.78 is 14.1. The van der Waals surface area contributed by atoms with Crippen molar-refractivity contribution in [2.75, 3.05) is 18.0 Å². The van der Waals surface area contributed by atoms with E-state index in [1.165, 1.54) is 17.4 Å². The van der Waals surface area contributed by atoms with E-state index in [2.05, 4.69) is 5.32 Å². The van der Waals surface area contributed by atoms with Crippen molar-refractivity contribution in [1.29, 1.82) is 5.26 Å². The number of nitriles is 1. The van der Waals surface area contributed by atoms with Crippen LogP contribution in [-0.2, 0) is 0 Å². The van der Waals surface area contributed by atoms with E-state index in [4.69, 9.17) is 5.26 Å². The molecule has 0 spiro atoms. The molecule has 1 aliphatic heterocycles. The van der Waals surface area contributed by atoms with Gasteiger partial charge in [-0.25, -0.2) is 4.39 Å². The molecule has 1 aromatic carbocycles. The monoisotopic (exact) mass is 343 g/mol. The Kier molecular flexibility index (Phi) is 4.81. The number of anilines is 1. The van der Waals surface area contributed by atoms with Crippen molar-refractivity contribution < 1.29 is 9.18 Å². The number of nitrogens with zero attached hydrogens (tertiary/aromatic N) is 2. The maximum Gasteiger partial charge on any atom is 0.261 e. The summed E-state index contributed by atoms with van der Waals surface area (Å²) in [6.45, 7) is 3.33. The number of carbonyl (C=O) groups is 1. The Morgan fingerprint density at radius 1 is 1.33 bits per heavy atom. The number of hydrogen-bond donors (Lipinski definition) is 1. The first-order valence-electron chi connectivity index (χ1n) is 7.88. The van der Waals surface area contributed by atoms with Gasteiger partial charge >= 0.3 is 0 Å². The van der Waals surface area contributed by atoms with Gasteiger partial charge < -0.3 is 10.2 Å². The van der Waals surface area contributed by atoms with Gasteiger partial charge in [0.15, 0.2) is 0 Å². The Bertz CT molecular complexity index is 788.